The summed E-state index contributed by atoms with van der Waals surface area (Å²) in [4.78, 5) is 3.72. The van der Waals surface area contributed by atoms with Gasteiger partial charge < -0.3 is 11.5 Å². The molecule has 2 rings (SSSR count). The van der Waals surface area contributed by atoms with Crippen molar-refractivity contribution in [3.05, 3.63) is 17.3 Å². The average molecular weight is 212 g/mol. The number of halogens is 1. The molecule has 0 unspecified atom stereocenters. The minimum Gasteiger partial charge on any atom is -0.368 e. The molecule has 8 heteroatoms. The lowest BCUT2D eigenvalue weighted by Crippen LogP contribution is -2.05. The number of nitrogens with two attached hydrogens (primary N) is 2. The summed E-state index contributed by atoms with van der Waals surface area (Å²) in [5.74, 6) is 0.648. The van der Waals surface area contributed by atoms with Crippen molar-refractivity contribution >= 4 is 23.5 Å². The Labute approximate surface area is 83.7 Å². The Morgan fingerprint density at radius 2 is 2.00 bits per heavy atom. The molecule has 0 radical (unpaired) electrons. The van der Waals surface area contributed by atoms with Gasteiger partial charge in [-0.1, -0.05) is 11.6 Å². The largest absolute Gasteiger partial charge is 0.368 e. The van der Waals surface area contributed by atoms with Gasteiger partial charge >= 0.3 is 0 Å². The fourth-order valence-corrected chi connectivity index (χ4v) is 1.03. The van der Waals surface area contributed by atoms with Gasteiger partial charge in [0.1, 0.15) is 0 Å². The molecule has 7 nitrogen and oxygen atoms in total. The van der Waals surface area contributed by atoms with Crippen LogP contribution in [0.5, 0.6) is 0 Å². The second-order valence-corrected chi connectivity index (χ2v) is 2.84. The summed E-state index contributed by atoms with van der Waals surface area (Å²) in [5, 5.41) is 11.5. The Kier molecular flexibility index (Phi) is 1.93. The van der Waals surface area contributed by atoms with E-state index in [1.165, 1.54) is 4.68 Å². The van der Waals surface area contributed by atoms with Crippen LogP contribution < -0.4 is 11.5 Å². The number of hydrogen-bond acceptors (Lipinski definition) is 6. The van der Waals surface area contributed by atoms with E-state index in [0.717, 1.165) is 0 Å². The summed E-state index contributed by atoms with van der Waals surface area (Å²) >= 11 is 5.57. The zero-order valence-corrected chi connectivity index (χ0v) is 7.68. The maximum Gasteiger partial charge on any atom is 0.241 e. The number of rotatable bonds is 1. The summed E-state index contributed by atoms with van der Waals surface area (Å²) in [6.45, 7) is 0. The van der Waals surface area contributed by atoms with Crippen LogP contribution in [0.15, 0.2) is 12.1 Å². The molecule has 0 bridgehead atoms. The standard InChI is InChI=1S/C6H6ClN7/c7-3-1-2-4(12-11-3)14-6(9)10-5(8)13-14/h1-2H,(H4,8,9,10,13). The van der Waals surface area contributed by atoms with Crippen LogP contribution in [0.1, 0.15) is 0 Å². The fourth-order valence-electron chi connectivity index (χ4n) is 0.931. The Hall–Kier alpha value is -1.89. The van der Waals surface area contributed by atoms with E-state index in [9.17, 15) is 0 Å². The molecule has 0 aliphatic carbocycles. The van der Waals surface area contributed by atoms with E-state index in [1.807, 2.05) is 0 Å². The van der Waals surface area contributed by atoms with Crippen molar-refractivity contribution in [2.24, 2.45) is 0 Å². The monoisotopic (exact) mass is 211 g/mol. The van der Waals surface area contributed by atoms with Gasteiger partial charge in [0.2, 0.25) is 11.9 Å². The molecule has 0 aliphatic rings. The van der Waals surface area contributed by atoms with E-state index in [2.05, 4.69) is 20.3 Å². The van der Waals surface area contributed by atoms with Crippen LogP contribution in [0, 0.1) is 0 Å². The highest BCUT2D eigenvalue weighted by atomic mass is 35.5. The van der Waals surface area contributed by atoms with Gasteiger partial charge in [0.05, 0.1) is 0 Å². The van der Waals surface area contributed by atoms with Gasteiger partial charge in [-0.15, -0.1) is 15.3 Å². The van der Waals surface area contributed by atoms with Gasteiger partial charge in [-0.25, -0.2) is 0 Å². The van der Waals surface area contributed by atoms with Crippen LogP contribution in [-0.2, 0) is 0 Å². The maximum atomic E-state index is 5.57. The molecular formula is C6H6ClN7. The van der Waals surface area contributed by atoms with Crippen molar-refractivity contribution in [2.45, 2.75) is 0 Å². The molecule has 2 heterocycles. The first kappa shape index (κ1) is 8.70. The number of hydrogen-bond donors (Lipinski definition) is 2. The predicted molar refractivity (Wildman–Crippen MR) is 50.8 cm³/mol. The van der Waals surface area contributed by atoms with Gasteiger partial charge in [-0.3, -0.25) is 0 Å². The van der Waals surface area contributed by atoms with E-state index in [-0.39, 0.29) is 11.9 Å². The summed E-state index contributed by atoms with van der Waals surface area (Å²) in [6.07, 6.45) is 0. The molecule has 72 valence electrons. The lowest BCUT2D eigenvalue weighted by atomic mass is 10.5. The molecule has 0 saturated heterocycles. The Morgan fingerprint density at radius 3 is 2.50 bits per heavy atom. The predicted octanol–water partition coefficient (Wildman–Crippen LogP) is -0.125. The number of nitrogen functional groups attached to an aromatic ring is 2. The van der Waals surface area contributed by atoms with Gasteiger partial charge in [-0.05, 0) is 12.1 Å². The first-order valence-electron chi connectivity index (χ1n) is 3.64. The normalized spacial score (nSPS) is 10.4. The third kappa shape index (κ3) is 1.44. The van der Waals surface area contributed by atoms with Crippen molar-refractivity contribution in [1.82, 2.24) is 25.0 Å². The van der Waals surface area contributed by atoms with Gasteiger partial charge in [-0.2, -0.15) is 9.67 Å². The lowest BCUT2D eigenvalue weighted by molar-refractivity contribution is 0.825. The molecule has 14 heavy (non-hydrogen) atoms. The lowest BCUT2D eigenvalue weighted by Gasteiger charge is -1.98. The zero-order chi connectivity index (χ0) is 10.1. The SMILES string of the molecule is Nc1nc(N)n(-c2ccc(Cl)nn2)n1. The first-order valence-corrected chi connectivity index (χ1v) is 4.02. The van der Waals surface area contributed by atoms with Crippen LogP contribution in [0.3, 0.4) is 0 Å². The Bertz CT molecular complexity index is 448. The average Bonchev–Trinajstić information content (AvgIpc) is 2.47. The van der Waals surface area contributed by atoms with E-state index in [4.69, 9.17) is 23.1 Å². The highest BCUT2D eigenvalue weighted by Gasteiger charge is 2.07. The van der Waals surface area contributed by atoms with Crippen molar-refractivity contribution in [1.29, 1.82) is 0 Å². The second kappa shape index (κ2) is 3.11. The van der Waals surface area contributed by atoms with E-state index >= 15 is 0 Å². The van der Waals surface area contributed by atoms with Gasteiger partial charge in [0.25, 0.3) is 0 Å². The molecule has 0 fully saturated rings. The van der Waals surface area contributed by atoms with E-state index in [0.29, 0.717) is 11.0 Å². The van der Waals surface area contributed by atoms with Crippen LogP contribution in [-0.4, -0.2) is 25.0 Å². The van der Waals surface area contributed by atoms with Crippen molar-refractivity contribution in [2.75, 3.05) is 11.5 Å². The molecule has 0 atom stereocenters. The van der Waals surface area contributed by atoms with Gasteiger partial charge in [0, 0.05) is 0 Å². The highest BCUT2D eigenvalue weighted by molar-refractivity contribution is 6.29. The number of aromatic nitrogens is 5. The van der Waals surface area contributed by atoms with Crippen LogP contribution >= 0.6 is 11.6 Å². The third-order valence-electron chi connectivity index (χ3n) is 1.48. The minimum atomic E-state index is 0.0826. The van der Waals surface area contributed by atoms with E-state index in [1.54, 1.807) is 12.1 Å². The van der Waals surface area contributed by atoms with E-state index < -0.39 is 0 Å². The topological polar surface area (TPSA) is 109 Å². The summed E-state index contributed by atoms with van der Waals surface area (Å²) in [7, 11) is 0. The fraction of sp³-hybridized carbons (Fsp3) is 0. The Morgan fingerprint density at radius 1 is 1.21 bits per heavy atom. The molecule has 2 aromatic heterocycles. The molecule has 4 N–H and O–H groups in total. The van der Waals surface area contributed by atoms with Crippen molar-refractivity contribution in [3.63, 3.8) is 0 Å². The zero-order valence-electron chi connectivity index (χ0n) is 6.92. The minimum absolute atomic E-state index is 0.0826. The number of nitrogens with zero attached hydrogens (tertiary/aromatic N) is 5. The van der Waals surface area contributed by atoms with Crippen LogP contribution in [0.4, 0.5) is 11.9 Å². The first-order chi connectivity index (χ1) is 6.66. The smallest absolute Gasteiger partial charge is 0.241 e. The summed E-state index contributed by atoms with van der Waals surface area (Å²) in [6, 6.07) is 3.18. The molecular weight excluding hydrogens is 206 g/mol. The molecule has 2 aromatic rings. The molecule has 0 aromatic carbocycles. The van der Waals surface area contributed by atoms with Gasteiger partial charge in [0.15, 0.2) is 11.0 Å². The maximum absolute atomic E-state index is 5.57. The quantitative estimate of drug-likeness (QED) is 0.681. The van der Waals surface area contributed by atoms with Crippen LogP contribution in [0.25, 0.3) is 5.82 Å². The molecule has 0 amide bonds. The molecule has 0 saturated carbocycles. The second-order valence-electron chi connectivity index (χ2n) is 2.45. The number of anilines is 2. The molecule has 0 spiro atoms. The third-order valence-corrected chi connectivity index (χ3v) is 1.69. The highest BCUT2D eigenvalue weighted by Crippen LogP contribution is 2.10. The summed E-state index contributed by atoms with van der Waals surface area (Å²) in [5.41, 5.74) is 10.9. The van der Waals surface area contributed by atoms with Crippen LogP contribution in [0.2, 0.25) is 5.15 Å². The van der Waals surface area contributed by atoms with Crippen molar-refractivity contribution < 1.29 is 0 Å². The van der Waals surface area contributed by atoms with Crippen molar-refractivity contribution in [3.8, 4) is 5.82 Å². The Balaban J connectivity index is 2.49. The summed E-state index contributed by atoms with van der Waals surface area (Å²) < 4.78 is 1.28. The molecule has 0 aliphatic heterocycles.